The molecule has 142 valence electrons. The second kappa shape index (κ2) is 12.6. The number of methoxy groups -OCH3 is 2. The number of benzene rings is 2. The van der Waals surface area contributed by atoms with Crippen LogP contribution in [0.2, 0.25) is 0 Å². The molecule has 9 heteroatoms. The number of phenolic OH excluding ortho intramolecular Hbond substituents is 2. The standard InChI is InChI=1S/C8H6BrNO2.C8H7BrO3.C2H3N/c2*1-12-8-2-5(4-10)7(11)3-6(8)9;1-2-3/h2-3,11H,1H3;2-4,11H,1H3;1H3. The van der Waals surface area contributed by atoms with Gasteiger partial charge in [0.15, 0.2) is 6.29 Å². The number of hydrogen-bond acceptors (Lipinski definition) is 7. The zero-order valence-corrected chi connectivity index (χ0v) is 17.8. The van der Waals surface area contributed by atoms with Crippen LogP contribution in [-0.2, 0) is 0 Å². The molecule has 0 heterocycles. The zero-order chi connectivity index (χ0) is 21.0. The molecule has 0 unspecified atom stereocenters. The Kier molecular flexibility index (Phi) is 11.3. The second-order valence-corrected chi connectivity index (χ2v) is 6.21. The van der Waals surface area contributed by atoms with E-state index >= 15 is 0 Å². The number of nitriles is 2. The van der Waals surface area contributed by atoms with E-state index in [0.29, 0.717) is 26.7 Å². The molecule has 0 atom stereocenters. The summed E-state index contributed by atoms with van der Waals surface area (Å²) >= 11 is 6.35. The molecular weight excluding hydrogens is 484 g/mol. The molecule has 0 aliphatic rings. The largest absolute Gasteiger partial charge is 0.507 e. The van der Waals surface area contributed by atoms with Gasteiger partial charge in [0, 0.05) is 13.0 Å². The molecule has 2 N–H and O–H groups in total. The molecule has 0 aromatic heterocycles. The van der Waals surface area contributed by atoms with Gasteiger partial charge in [-0.1, -0.05) is 0 Å². The fourth-order valence-corrected chi connectivity index (χ4v) is 2.58. The van der Waals surface area contributed by atoms with E-state index in [1.54, 1.807) is 6.07 Å². The maximum Gasteiger partial charge on any atom is 0.153 e. The minimum atomic E-state index is -0.0577. The molecule has 0 saturated heterocycles. The zero-order valence-electron chi connectivity index (χ0n) is 14.7. The number of ether oxygens (including phenoxy) is 2. The molecule has 0 radical (unpaired) electrons. The van der Waals surface area contributed by atoms with Crippen molar-refractivity contribution in [2.45, 2.75) is 6.92 Å². The van der Waals surface area contributed by atoms with Crippen molar-refractivity contribution in [3.05, 3.63) is 44.3 Å². The molecule has 0 aliphatic heterocycles. The van der Waals surface area contributed by atoms with Gasteiger partial charge >= 0.3 is 0 Å². The van der Waals surface area contributed by atoms with Gasteiger partial charge in [-0.05, 0) is 50.1 Å². The number of nitrogens with zero attached hydrogens (tertiary/aromatic N) is 2. The number of rotatable bonds is 3. The quantitative estimate of drug-likeness (QED) is 0.594. The monoisotopic (exact) mass is 498 g/mol. The summed E-state index contributed by atoms with van der Waals surface area (Å²) in [5.74, 6) is 0.946. The highest BCUT2D eigenvalue weighted by Crippen LogP contribution is 2.32. The van der Waals surface area contributed by atoms with Crippen LogP contribution < -0.4 is 9.47 Å². The highest BCUT2D eigenvalue weighted by molar-refractivity contribution is 9.10. The number of aromatic hydroxyl groups is 2. The Bertz CT molecular complexity index is 874. The van der Waals surface area contributed by atoms with Crippen LogP contribution in [0.1, 0.15) is 22.8 Å². The Morgan fingerprint density at radius 2 is 1.41 bits per heavy atom. The van der Waals surface area contributed by atoms with Crippen LogP contribution in [0.4, 0.5) is 0 Å². The summed E-state index contributed by atoms with van der Waals surface area (Å²) in [6.45, 7) is 1.43. The van der Waals surface area contributed by atoms with Crippen LogP contribution in [0, 0.1) is 22.7 Å². The number of carbonyl (C=O) groups excluding carboxylic acids is 1. The van der Waals surface area contributed by atoms with Crippen molar-refractivity contribution in [3.8, 4) is 35.1 Å². The maximum absolute atomic E-state index is 10.4. The summed E-state index contributed by atoms with van der Waals surface area (Å²) in [5, 5.41) is 34.3. The third-order valence-electron chi connectivity index (χ3n) is 2.82. The first-order valence-corrected chi connectivity index (χ1v) is 8.67. The lowest BCUT2D eigenvalue weighted by atomic mass is 10.2. The van der Waals surface area contributed by atoms with Crippen molar-refractivity contribution >= 4 is 38.1 Å². The summed E-state index contributed by atoms with van der Waals surface area (Å²) in [7, 11) is 2.99. The van der Waals surface area contributed by atoms with Crippen LogP contribution in [0.5, 0.6) is 23.0 Å². The van der Waals surface area contributed by atoms with E-state index in [0.717, 1.165) is 0 Å². The summed E-state index contributed by atoms with van der Waals surface area (Å²) in [4.78, 5) is 10.4. The fraction of sp³-hybridized carbons (Fsp3) is 0.167. The van der Waals surface area contributed by atoms with E-state index in [-0.39, 0.29) is 22.6 Å². The van der Waals surface area contributed by atoms with Crippen molar-refractivity contribution in [3.63, 3.8) is 0 Å². The molecule has 27 heavy (non-hydrogen) atoms. The van der Waals surface area contributed by atoms with Crippen molar-refractivity contribution < 1.29 is 24.5 Å². The maximum atomic E-state index is 10.4. The molecule has 2 aromatic carbocycles. The van der Waals surface area contributed by atoms with Gasteiger partial charge < -0.3 is 19.7 Å². The van der Waals surface area contributed by atoms with Crippen LogP contribution in [0.25, 0.3) is 0 Å². The highest BCUT2D eigenvalue weighted by Gasteiger charge is 2.07. The minimum Gasteiger partial charge on any atom is -0.507 e. The summed E-state index contributed by atoms with van der Waals surface area (Å²) in [6.07, 6.45) is 0.574. The molecule has 0 aliphatic carbocycles. The van der Waals surface area contributed by atoms with Crippen molar-refractivity contribution in [2.24, 2.45) is 0 Å². The van der Waals surface area contributed by atoms with Crippen molar-refractivity contribution in [1.82, 2.24) is 0 Å². The van der Waals surface area contributed by atoms with E-state index in [4.69, 9.17) is 20.0 Å². The van der Waals surface area contributed by atoms with Gasteiger partial charge in [0.05, 0.1) is 40.4 Å². The number of hydrogen-bond donors (Lipinski definition) is 2. The average molecular weight is 500 g/mol. The normalized spacial score (nSPS) is 8.56. The van der Waals surface area contributed by atoms with Crippen LogP contribution in [0.3, 0.4) is 0 Å². The lowest BCUT2D eigenvalue weighted by Gasteiger charge is -2.04. The lowest BCUT2D eigenvalue weighted by molar-refractivity contribution is 0.112. The first-order valence-electron chi connectivity index (χ1n) is 7.08. The van der Waals surface area contributed by atoms with Gasteiger partial charge in [0.1, 0.15) is 29.1 Å². The molecule has 0 bridgehead atoms. The highest BCUT2D eigenvalue weighted by atomic mass is 79.9. The van der Waals surface area contributed by atoms with E-state index in [1.807, 2.05) is 6.07 Å². The minimum absolute atomic E-state index is 0.0508. The Morgan fingerprint density at radius 3 is 1.81 bits per heavy atom. The van der Waals surface area contributed by atoms with Gasteiger partial charge in [-0.15, -0.1) is 0 Å². The molecule has 0 spiro atoms. The van der Waals surface area contributed by atoms with Gasteiger partial charge in [-0.25, -0.2) is 0 Å². The number of aldehydes is 1. The molecule has 2 rings (SSSR count). The molecule has 7 nitrogen and oxygen atoms in total. The number of halogens is 2. The third-order valence-corrected chi connectivity index (χ3v) is 4.06. The SMILES string of the molecule is CC#N.COc1cc(C#N)c(O)cc1Br.COc1cc(C=O)c(O)cc1Br. The predicted molar refractivity (Wildman–Crippen MR) is 106 cm³/mol. The molecule has 2 aromatic rings. The summed E-state index contributed by atoms with van der Waals surface area (Å²) < 4.78 is 11.1. The van der Waals surface area contributed by atoms with E-state index in [2.05, 4.69) is 31.9 Å². The third kappa shape index (κ3) is 7.57. The van der Waals surface area contributed by atoms with Crippen molar-refractivity contribution in [1.29, 1.82) is 10.5 Å². The van der Waals surface area contributed by atoms with E-state index in [9.17, 15) is 15.0 Å². The Balaban J connectivity index is 0.000000438. The number of phenols is 2. The molecule has 0 saturated carbocycles. The fourth-order valence-electron chi connectivity index (χ4n) is 1.60. The first kappa shape index (κ1) is 24.2. The van der Waals surface area contributed by atoms with Crippen LogP contribution in [-0.4, -0.2) is 30.7 Å². The van der Waals surface area contributed by atoms with E-state index < -0.39 is 0 Å². The number of carbonyl (C=O) groups is 1. The Labute approximate surface area is 173 Å². The smallest absolute Gasteiger partial charge is 0.153 e. The molecule has 0 amide bonds. The van der Waals surface area contributed by atoms with Gasteiger partial charge in [-0.2, -0.15) is 10.5 Å². The second-order valence-electron chi connectivity index (χ2n) is 4.50. The summed E-state index contributed by atoms with van der Waals surface area (Å²) in [5.41, 5.74) is 0.421. The van der Waals surface area contributed by atoms with Crippen LogP contribution >= 0.6 is 31.9 Å². The Morgan fingerprint density at radius 1 is 0.963 bits per heavy atom. The average Bonchev–Trinajstić information content (AvgIpc) is 2.63. The van der Waals surface area contributed by atoms with Gasteiger partial charge in [-0.3, -0.25) is 4.79 Å². The van der Waals surface area contributed by atoms with Gasteiger partial charge in [0.25, 0.3) is 0 Å². The van der Waals surface area contributed by atoms with Gasteiger partial charge in [0.2, 0.25) is 0 Å². The molecule has 0 fully saturated rings. The topological polar surface area (TPSA) is 124 Å². The predicted octanol–water partition coefficient (Wildman–Crippen LogP) is 4.54. The van der Waals surface area contributed by atoms with E-state index in [1.165, 1.54) is 45.4 Å². The summed E-state index contributed by atoms with van der Waals surface area (Å²) in [6, 6.07) is 9.38. The van der Waals surface area contributed by atoms with Crippen molar-refractivity contribution in [2.75, 3.05) is 14.2 Å². The lowest BCUT2D eigenvalue weighted by Crippen LogP contribution is -1.88. The molecular formula is C18H16Br2N2O5. The van der Waals surface area contributed by atoms with Crippen LogP contribution in [0.15, 0.2) is 33.2 Å². The first-order chi connectivity index (χ1) is 12.8. The Hall–Kier alpha value is -2.75.